The van der Waals surface area contributed by atoms with Crippen molar-refractivity contribution in [2.45, 2.75) is 12.8 Å². The Bertz CT molecular complexity index is 586. The topological polar surface area (TPSA) is 54.5 Å². The quantitative estimate of drug-likeness (QED) is 0.789. The van der Waals surface area contributed by atoms with E-state index in [9.17, 15) is 13.2 Å². The molecule has 1 aliphatic rings. The SMILES string of the molecule is O=C(Cl)c1ccc(N2CCCCS2(=O)=O)cc1Cl. The maximum atomic E-state index is 11.9. The maximum absolute atomic E-state index is 11.9. The van der Waals surface area contributed by atoms with E-state index in [-0.39, 0.29) is 16.3 Å². The minimum Gasteiger partial charge on any atom is -0.276 e. The Labute approximate surface area is 116 Å². The van der Waals surface area contributed by atoms with Gasteiger partial charge in [0.25, 0.3) is 5.24 Å². The minimum absolute atomic E-state index is 0.140. The molecule has 2 rings (SSSR count). The summed E-state index contributed by atoms with van der Waals surface area (Å²) in [5.41, 5.74) is 0.651. The summed E-state index contributed by atoms with van der Waals surface area (Å²) in [7, 11) is -3.27. The number of anilines is 1. The maximum Gasteiger partial charge on any atom is 0.253 e. The fraction of sp³-hybridized carbons (Fsp3) is 0.364. The van der Waals surface area contributed by atoms with Crippen LogP contribution in [-0.2, 0) is 10.0 Å². The van der Waals surface area contributed by atoms with Crippen LogP contribution in [0.1, 0.15) is 23.2 Å². The second-order valence-electron chi connectivity index (χ2n) is 4.03. The Hall–Kier alpha value is -0.780. The third kappa shape index (κ3) is 2.63. The largest absolute Gasteiger partial charge is 0.276 e. The number of hydrogen-bond donors (Lipinski definition) is 0. The predicted molar refractivity (Wildman–Crippen MR) is 72.0 cm³/mol. The van der Waals surface area contributed by atoms with Crippen LogP contribution in [0.15, 0.2) is 18.2 Å². The van der Waals surface area contributed by atoms with Crippen molar-refractivity contribution >= 4 is 44.2 Å². The standard InChI is InChI=1S/C11H11Cl2NO3S/c12-10-7-8(3-4-9(10)11(13)15)14-5-1-2-6-18(14,16)17/h3-4,7H,1-2,5-6H2. The van der Waals surface area contributed by atoms with Crippen LogP contribution < -0.4 is 4.31 Å². The predicted octanol–water partition coefficient (Wildman–Crippen LogP) is 2.65. The Kier molecular flexibility index (Phi) is 3.84. The zero-order valence-corrected chi connectivity index (χ0v) is 11.7. The first kappa shape index (κ1) is 13.6. The van der Waals surface area contributed by atoms with E-state index in [0.29, 0.717) is 18.7 Å². The molecule has 1 fully saturated rings. The summed E-state index contributed by atoms with van der Waals surface area (Å²) in [6.07, 6.45) is 1.48. The number of halogens is 2. The first-order chi connectivity index (χ1) is 8.42. The lowest BCUT2D eigenvalue weighted by Crippen LogP contribution is -2.37. The fourth-order valence-electron chi connectivity index (χ4n) is 1.90. The highest BCUT2D eigenvalue weighted by Gasteiger charge is 2.26. The van der Waals surface area contributed by atoms with Crippen LogP contribution in [0.3, 0.4) is 0 Å². The van der Waals surface area contributed by atoms with Gasteiger partial charge in [0.05, 0.1) is 22.0 Å². The van der Waals surface area contributed by atoms with E-state index in [1.807, 2.05) is 0 Å². The fourth-order valence-corrected chi connectivity index (χ4v) is 4.00. The highest BCUT2D eigenvalue weighted by atomic mass is 35.5. The van der Waals surface area contributed by atoms with Gasteiger partial charge in [-0.1, -0.05) is 11.6 Å². The first-order valence-corrected chi connectivity index (χ1v) is 7.78. The molecule has 0 atom stereocenters. The van der Waals surface area contributed by atoms with Crippen molar-refractivity contribution in [3.63, 3.8) is 0 Å². The van der Waals surface area contributed by atoms with Crippen molar-refractivity contribution in [2.24, 2.45) is 0 Å². The van der Waals surface area contributed by atoms with Gasteiger partial charge in [0.15, 0.2) is 0 Å². The lowest BCUT2D eigenvalue weighted by atomic mass is 10.2. The van der Waals surface area contributed by atoms with Gasteiger partial charge in [0.1, 0.15) is 0 Å². The molecule has 0 spiro atoms. The summed E-state index contributed by atoms with van der Waals surface area (Å²) < 4.78 is 25.1. The second kappa shape index (κ2) is 5.07. The van der Waals surface area contributed by atoms with Crippen LogP contribution in [-0.4, -0.2) is 26.0 Å². The molecule has 0 unspecified atom stereocenters. The summed E-state index contributed by atoms with van der Waals surface area (Å²) in [6.45, 7) is 0.437. The monoisotopic (exact) mass is 307 g/mol. The van der Waals surface area contributed by atoms with Crippen LogP contribution >= 0.6 is 23.2 Å². The molecule has 1 aromatic rings. The molecular weight excluding hydrogens is 297 g/mol. The van der Waals surface area contributed by atoms with Crippen molar-refractivity contribution in [3.8, 4) is 0 Å². The Balaban J connectivity index is 2.40. The van der Waals surface area contributed by atoms with E-state index in [4.69, 9.17) is 23.2 Å². The van der Waals surface area contributed by atoms with Gasteiger partial charge in [-0.2, -0.15) is 0 Å². The van der Waals surface area contributed by atoms with Crippen molar-refractivity contribution in [3.05, 3.63) is 28.8 Å². The number of benzene rings is 1. The van der Waals surface area contributed by atoms with E-state index in [2.05, 4.69) is 0 Å². The van der Waals surface area contributed by atoms with E-state index in [0.717, 1.165) is 6.42 Å². The minimum atomic E-state index is -3.27. The molecule has 7 heteroatoms. The molecule has 0 bridgehead atoms. The molecule has 0 aromatic heterocycles. The molecule has 98 valence electrons. The first-order valence-electron chi connectivity index (χ1n) is 5.41. The van der Waals surface area contributed by atoms with Crippen LogP contribution in [0.4, 0.5) is 5.69 Å². The van der Waals surface area contributed by atoms with Crippen LogP contribution in [0.5, 0.6) is 0 Å². The molecule has 0 amide bonds. The van der Waals surface area contributed by atoms with Crippen LogP contribution in [0, 0.1) is 0 Å². The number of carbonyl (C=O) groups is 1. The normalized spacial score (nSPS) is 18.7. The molecule has 0 aliphatic carbocycles. The summed E-state index contributed by atoms with van der Waals surface area (Å²) >= 11 is 11.3. The van der Waals surface area contributed by atoms with Gasteiger partial charge in [-0.3, -0.25) is 9.10 Å². The molecular formula is C11H11Cl2NO3S. The van der Waals surface area contributed by atoms with Crippen LogP contribution in [0.2, 0.25) is 5.02 Å². The van der Waals surface area contributed by atoms with Crippen molar-refractivity contribution in [2.75, 3.05) is 16.6 Å². The van der Waals surface area contributed by atoms with E-state index in [1.165, 1.54) is 16.4 Å². The molecule has 1 saturated heterocycles. The van der Waals surface area contributed by atoms with Gasteiger partial charge >= 0.3 is 0 Å². The van der Waals surface area contributed by atoms with Crippen molar-refractivity contribution < 1.29 is 13.2 Å². The van der Waals surface area contributed by atoms with E-state index >= 15 is 0 Å². The highest BCUT2D eigenvalue weighted by molar-refractivity contribution is 7.92. The number of sulfonamides is 1. The summed E-state index contributed by atoms with van der Waals surface area (Å²) in [5.74, 6) is 0.140. The molecule has 0 radical (unpaired) electrons. The number of hydrogen-bond acceptors (Lipinski definition) is 3. The van der Waals surface area contributed by atoms with E-state index < -0.39 is 15.3 Å². The zero-order valence-electron chi connectivity index (χ0n) is 9.40. The lowest BCUT2D eigenvalue weighted by molar-refractivity contribution is 0.108. The van der Waals surface area contributed by atoms with Crippen molar-refractivity contribution in [1.82, 2.24) is 0 Å². The molecule has 0 N–H and O–H groups in total. The van der Waals surface area contributed by atoms with Gasteiger partial charge in [-0.25, -0.2) is 8.42 Å². The number of carbonyl (C=O) groups excluding carboxylic acids is 1. The Morgan fingerprint density at radius 3 is 2.56 bits per heavy atom. The third-order valence-electron chi connectivity index (χ3n) is 2.80. The smallest absolute Gasteiger partial charge is 0.253 e. The Morgan fingerprint density at radius 2 is 2.00 bits per heavy atom. The summed E-state index contributed by atoms with van der Waals surface area (Å²) in [5, 5.41) is -0.499. The summed E-state index contributed by atoms with van der Waals surface area (Å²) in [4.78, 5) is 11.0. The molecule has 18 heavy (non-hydrogen) atoms. The third-order valence-corrected chi connectivity index (χ3v) is 5.19. The lowest BCUT2D eigenvalue weighted by Gasteiger charge is -2.28. The average Bonchev–Trinajstić information content (AvgIpc) is 2.27. The molecule has 0 saturated carbocycles. The van der Waals surface area contributed by atoms with Crippen LogP contribution in [0.25, 0.3) is 0 Å². The molecule has 4 nitrogen and oxygen atoms in total. The van der Waals surface area contributed by atoms with Gasteiger partial charge < -0.3 is 0 Å². The second-order valence-corrected chi connectivity index (χ2v) is 6.80. The number of rotatable bonds is 2. The van der Waals surface area contributed by atoms with Gasteiger partial charge in [0.2, 0.25) is 10.0 Å². The highest BCUT2D eigenvalue weighted by Crippen LogP contribution is 2.28. The molecule has 1 heterocycles. The zero-order chi connectivity index (χ0) is 13.3. The van der Waals surface area contributed by atoms with Crippen molar-refractivity contribution in [1.29, 1.82) is 0 Å². The summed E-state index contributed by atoms with van der Waals surface area (Å²) in [6, 6.07) is 4.45. The average molecular weight is 308 g/mol. The van der Waals surface area contributed by atoms with E-state index in [1.54, 1.807) is 6.07 Å². The Morgan fingerprint density at radius 1 is 1.28 bits per heavy atom. The molecule has 1 aromatic carbocycles. The van der Waals surface area contributed by atoms with Gasteiger partial charge in [-0.15, -0.1) is 0 Å². The molecule has 1 aliphatic heterocycles. The number of nitrogens with zero attached hydrogens (tertiary/aromatic N) is 1. The van der Waals surface area contributed by atoms with Gasteiger partial charge in [-0.05, 0) is 42.6 Å². The van der Waals surface area contributed by atoms with Gasteiger partial charge in [0, 0.05) is 6.54 Å².